The molecule has 0 N–H and O–H groups in total. The summed E-state index contributed by atoms with van der Waals surface area (Å²) in [5.41, 5.74) is 15.4. The minimum Gasteiger partial charge on any atom is -0.455 e. The largest absolute Gasteiger partial charge is 0.455 e. The minimum atomic E-state index is -0.216. The lowest BCUT2D eigenvalue weighted by atomic mass is 9.61. The zero-order valence-electron chi connectivity index (χ0n) is 33.5. The molecule has 0 saturated heterocycles. The molecule has 0 amide bonds. The Balaban J connectivity index is 1.05. The van der Waals surface area contributed by atoms with Gasteiger partial charge in [-0.05, 0) is 80.6 Å². The van der Waals surface area contributed by atoms with Crippen LogP contribution in [0.3, 0.4) is 0 Å². The third-order valence-electron chi connectivity index (χ3n) is 14.2. The van der Waals surface area contributed by atoms with Gasteiger partial charge in [-0.3, -0.25) is 0 Å². The lowest BCUT2D eigenvalue weighted by molar-refractivity contribution is 0.312. The Morgan fingerprint density at radius 1 is 0.443 bits per heavy atom. The van der Waals surface area contributed by atoms with E-state index in [2.05, 4.69) is 223 Å². The predicted molar refractivity (Wildman–Crippen MR) is 253 cm³/mol. The van der Waals surface area contributed by atoms with E-state index in [1.165, 1.54) is 44.2 Å². The van der Waals surface area contributed by atoms with Gasteiger partial charge in [-0.2, -0.15) is 0 Å². The number of furan rings is 1. The third-order valence-corrected chi connectivity index (χ3v) is 14.2. The highest BCUT2D eigenvalue weighted by molar-refractivity contribution is 6.10. The van der Waals surface area contributed by atoms with Gasteiger partial charge in [-0.25, -0.2) is 0 Å². The topological polar surface area (TPSA) is 16.4 Å². The predicted octanol–water partition coefficient (Wildman–Crippen LogP) is 15.5. The summed E-state index contributed by atoms with van der Waals surface area (Å²) in [6.07, 6.45) is 19.0. The Hall–Kier alpha value is -7.42. The van der Waals surface area contributed by atoms with Crippen LogP contribution >= 0.6 is 0 Å². The second kappa shape index (κ2) is 13.3. The number of rotatable bonds is 5. The molecule has 5 atom stereocenters. The first-order valence-corrected chi connectivity index (χ1v) is 21.6. The highest BCUT2D eigenvalue weighted by Crippen LogP contribution is 2.68. The van der Waals surface area contributed by atoms with Gasteiger partial charge >= 0.3 is 0 Å². The van der Waals surface area contributed by atoms with Crippen molar-refractivity contribution in [3.63, 3.8) is 0 Å². The van der Waals surface area contributed by atoms with Crippen LogP contribution in [-0.4, -0.2) is 0 Å². The van der Waals surface area contributed by atoms with E-state index < -0.39 is 0 Å². The van der Waals surface area contributed by atoms with E-state index in [1.54, 1.807) is 0 Å². The van der Waals surface area contributed by atoms with Crippen molar-refractivity contribution in [3.8, 4) is 22.3 Å². The van der Waals surface area contributed by atoms with E-state index in [0.717, 1.165) is 50.1 Å². The number of nitrogens with zero attached hydrogens (tertiary/aromatic N) is 1. The number of benzene rings is 8. The van der Waals surface area contributed by atoms with Crippen LogP contribution in [-0.2, 0) is 5.41 Å². The normalized spacial score (nSPS) is 21.6. The molecule has 2 heteroatoms. The maximum Gasteiger partial charge on any atom is 0.143 e. The summed E-state index contributed by atoms with van der Waals surface area (Å²) < 4.78 is 6.52. The standard InChI is InChI=1S/C59H41NO/c1-2-16-40(17-3-1)57-43-18-5-4-15-38(43)31-36-55(57)60(41-32-29-39(30-33-41)44-23-14-24-50-49-22-9-13-28-56(49)61-58(44)50)42-34-35-48-47-21-8-12-27-53(47)59(54(48)37-42)51-25-10-6-19-45(51)46-20-7-11-26-52(46)59/h1-37,45,47,51,53H. The molecule has 2 nitrogen and oxygen atoms in total. The summed E-state index contributed by atoms with van der Waals surface area (Å²) >= 11 is 0. The van der Waals surface area contributed by atoms with Crippen molar-refractivity contribution in [3.05, 3.63) is 247 Å². The van der Waals surface area contributed by atoms with Gasteiger partial charge in [0.25, 0.3) is 0 Å². The molecule has 0 saturated carbocycles. The van der Waals surface area contributed by atoms with Crippen LogP contribution < -0.4 is 4.90 Å². The Labute approximate surface area is 355 Å². The first-order chi connectivity index (χ1) is 30.3. The first-order valence-electron chi connectivity index (χ1n) is 21.6. The molecule has 4 aliphatic rings. The number of fused-ring (bicyclic) bond motifs is 14. The summed E-state index contributed by atoms with van der Waals surface area (Å²) in [4.78, 5) is 2.51. The van der Waals surface area contributed by atoms with Crippen LogP contribution in [0.1, 0.15) is 34.1 Å². The smallest absolute Gasteiger partial charge is 0.143 e. The zero-order chi connectivity index (χ0) is 40.1. The van der Waals surface area contributed by atoms with Crippen molar-refractivity contribution in [1.82, 2.24) is 0 Å². The molecule has 13 rings (SSSR count). The van der Waals surface area contributed by atoms with E-state index in [-0.39, 0.29) is 5.41 Å². The molecule has 1 aromatic heterocycles. The molecule has 1 spiro atoms. The maximum absolute atomic E-state index is 6.52. The van der Waals surface area contributed by atoms with E-state index in [1.807, 2.05) is 6.07 Å². The molecule has 1 heterocycles. The molecule has 4 aliphatic carbocycles. The van der Waals surface area contributed by atoms with Crippen LogP contribution in [0, 0.1) is 11.8 Å². The van der Waals surface area contributed by atoms with E-state index in [0.29, 0.717) is 23.7 Å². The van der Waals surface area contributed by atoms with E-state index in [4.69, 9.17) is 4.42 Å². The third kappa shape index (κ3) is 4.91. The Bertz CT molecular complexity index is 3330. The molecule has 5 unspecified atom stereocenters. The summed E-state index contributed by atoms with van der Waals surface area (Å²) in [7, 11) is 0. The molecule has 9 aromatic rings. The number of allylic oxidation sites excluding steroid dienone is 8. The Kier molecular flexibility index (Phi) is 7.51. The van der Waals surface area contributed by atoms with Crippen LogP contribution in [0.2, 0.25) is 0 Å². The SMILES string of the molecule is C1=CC2c3ccccc3C3(c4cc(N(c5ccc(-c6cccc7c6oc6ccccc67)cc5)c5ccc6ccccc6c5-c5ccccc5)ccc4C4C=CC=CC43)C2C=C1. The maximum atomic E-state index is 6.52. The van der Waals surface area contributed by atoms with Gasteiger partial charge < -0.3 is 9.32 Å². The van der Waals surface area contributed by atoms with Gasteiger partial charge in [0.1, 0.15) is 11.2 Å². The Morgan fingerprint density at radius 2 is 1.10 bits per heavy atom. The molecule has 0 fully saturated rings. The average Bonchev–Trinajstić information content (AvgIpc) is 3.96. The fourth-order valence-corrected chi connectivity index (χ4v) is 11.8. The summed E-state index contributed by atoms with van der Waals surface area (Å²) in [6, 6.07) is 65.0. The first kappa shape index (κ1) is 34.4. The molecule has 61 heavy (non-hydrogen) atoms. The van der Waals surface area contributed by atoms with Crippen molar-refractivity contribution < 1.29 is 4.42 Å². The van der Waals surface area contributed by atoms with Crippen LogP contribution in [0.25, 0.3) is 55.0 Å². The fraction of sp³-hybridized carbons (Fsp3) is 0.0847. The van der Waals surface area contributed by atoms with Crippen molar-refractivity contribution in [2.24, 2.45) is 11.8 Å². The van der Waals surface area contributed by atoms with E-state index >= 15 is 0 Å². The van der Waals surface area contributed by atoms with Crippen molar-refractivity contribution in [2.75, 3.05) is 4.90 Å². The van der Waals surface area contributed by atoms with Crippen molar-refractivity contribution in [1.29, 1.82) is 0 Å². The summed E-state index contributed by atoms with van der Waals surface area (Å²) in [5, 5.41) is 4.73. The average molecular weight is 780 g/mol. The van der Waals surface area contributed by atoms with Crippen molar-refractivity contribution in [2.45, 2.75) is 17.3 Å². The summed E-state index contributed by atoms with van der Waals surface area (Å²) in [6.45, 7) is 0. The molecule has 8 aromatic carbocycles. The molecule has 0 radical (unpaired) electrons. The quantitative estimate of drug-likeness (QED) is 0.173. The lowest BCUT2D eigenvalue weighted by Crippen LogP contribution is -2.38. The van der Waals surface area contributed by atoms with Crippen LogP contribution in [0.4, 0.5) is 17.1 Å². The lowest BCUT2D eigenvalue weighted by Gasteiger charge is -2.41. The highest BCUT2D eigenvalue weighted by atomic mass is 16.3. The van der Waals surface area contributed by atoms with Gasteiger partial charge in [0, 0.05) is 62.4 Å². The fourth-order valence-electron chi connectivity index (χ4n) is 11.8. The van der Waals surface area contributed by atoms with Crippen LogP contribution in [0.5, 0.6) is 0 Å². The number of para-hydroxylation sites is 2. The second-order valence-corrected chi connectivity index (χ2v) is 17.1. The number of hydrogen-bond donors (Lipinski definition) is 0. The van der Waals surface area contributed by atoms with Gasteiger partial charge in [0.15, 0.2) is 0 Å². The van der Waals surface area contributed by atoms with Crippen molar-refractivity contribution >= 4 is 49.8 Å². The molecular weight excluding hydrogens is 739 g/mol. The molecule has 0 bridgehead atoms. The molecular formula is C59H41NO. The molecule has 0 aliphatic heterocycles. The van der Waals surface area contributed by atoms with Gasteiger partial charge in [0.2, 0.25) is 0 Å². The van der Waals surface area contributed by atoms with Gasteiger partial charge in [-0.15, -0.1) is 0 Å². The summed E-state index contributed by atoms with van der Waals surface area (Å²) in [5.74, 6) is 1.25. The minimum absolute atomic E-state index is 0.216. The van der Waals surface area contributed by atoms with E-state index in [9.17, 15) is 0 Å². The second-order valence-electron chi connectivity index (χ2n) is 17.1. The van der Waals surface area contributed by atoms with Crippen LogP contribution in [0.15, 0.2) is 229 Å². The molecule has 288 valence electrons. The van der Waals surface area contributed by atoms with Gasteiger partial charge in [0.05, 0.1) is 5.69 Å². The number of anilines is 3. The van der Waals surface area contributed by atoms with Gasteiger partial charge in [-0.1, -0.05) is 188 Å². The Morgan fingerprint density at radius 3 is 1.92 bits per heavy atom. The highest BCUT2D eigenvalue weighted by Gasteiger charge is 2.61. The number of hydrogen-bond acceptors (Lipinski definition) is 2. The monoisotopic (exact) mass is 779 g/mol. The zero-order valence-corrected chi connectivity index (χ0v) is 33.5.